The summed E-state index contributed by atoms with van der Waals surface area (Å²) in [5.41, 5.74) is 0.755. The maximum Gasteiger partial charge on any atom is 0.243 e. The summed E-state index contributed by atoms with van der Waals surface area (Å²) in [4.78, 5) is 12.9. The first-order valence-electron chi connectivity index (χ1n) is 8.84. The van der Waals surface area contributed by atoms with Gasteiger partial charge in [0.1, 0.15) is 4.90 Å². The summed E-state index contributed by atoms with van der Waals surface area (Å²) < 4.78 is 28.0. The Kier molecular flexibility index (Phi) is 5.41. The smallest absolute Gasteiger partial charge is 0.243 e. The highest BCUT2D eigenvalue weighted by Gasteiger charge is 2.60. The van der Waals surface area contributed by atoms with Crippen molar-refractivity contribution in [1.29, 1.82) is 0 Å². The van der Waals surface area contributed by atoms with Gasteiger partial charge < -0.3 is 5.32 Å². The van der Waals surface area contributed by atoms with Crippen molar-refractivity contribution in [1.82, 2.24) is 4.72 Å². The number of benzene rings is 1. The molecule has 2 atom stereocenters. The largest absolute Gasteiger partial charge is 0.325 e. The van der Waals surface area contributed by atoms with E-state index in [-0.39, 0.29) is 28.1 Å². The molecule has 6 heteroatoms. The van der Waals surface area contributed by atoms with Gasteiger partial charge in [0, 0.05) is 5.54 Å². The van der Waals surface area contributed by atoms with Crippen LogP contribution < -0.4 is 10.0 Å². The lowest BCUT2D eigenvalue weighted by Crippen LogP contribution is -2.40. The van der Waals surface area contributed by atoms with E-state index in [1.165, 1.54) is 11.6 Å². The van der Waals surface area contributed by atoms with E-state index in [9.17, 15) is 13.2 Å². The summed E-state index contributed by atoms with van der Waals surface area (Å²) >= 11 is 0. The van der Waals surface area contributed by atoms with E-state index in [0.29, 0.717) is 5.69 Å². The first-order valence-corrected chi connectivity index (χ1v) is 10.3. The number of hydrogen-bond donors (Lipinski definition) is 2. The molecule has 0 aliphatic heterocycles. The Morgan fingerprint density at radius 3 is 2.27 bits per heavy atom. The summed E-state index contributed by atoms with van der Waals surface area (Å²) in [6, 6.07) is 6.51. The summed E-state index contributed by atoms with van der Waals surface area (Å²) in [6.07, 6.45) is 2.12. The van der Waals surface area contributed by atoms with Crippen LogP contribution in [0.5, 0.6) is 0 Å². The fourth-order valence-corrected chi connectivity index (χ4v) is 4.90. The lowest BCUT2D eigenvalue weighted by molar-refractivity contribution is -0.118. The van der Waals surface area contributed by atoms with Gasteiger partial charge in [0.25, 0.3) is 0 Å². The molecular weight excluding hydrogens is 348 g/mol. The van der Waals surface area contributed by atoms with Crippen LogP contribution in [0.25, 0.3) is 0 Å². The van der Waals surface area contributed by atoms with Gasteiger partial charge in [-0.15, -0.1) is 0 Å². The predicted octanol–water partition coefficient (Wildman–Crippen LogP) is 3.94. The Hall–Kier alpha value is -1.66. The fourth-order valence-electron chi connectivity index (χ4n) is 3.32. The van der Waals surface area contributed by atoms with Crippen molar-refractivity contribution in [2.75, 3.05) is 5.32 Å². The topological polar surface area (TPSA) is 75.3 Å². The van der Waals surface area contributed by atoms with Crippen LogP contribution in [0.1, 0.15) is 48.5 Å². The maximum atomic E-state index is 12.8. The van der Waals surface area contributed by atoms with Gasteiger partial charge in [-0.1, -0.05) is 37.6 Å². The average molecular weight is 379 g/mol. The van der Waals surface area contributed by atoms with E-state index in [1.807, 2.05) is 13.8 Å². The van der Waals surface area contributed by atoms with Crippen molar-refractivity contribution in [2.45, 2.75) is 58.9 Å². The Balaban J connectivity index is 2.27. The van der Waals surface area contributed by atoms with Crippen LogP contribution in [-0.4, -0.2) is 19.9 Å². The minimum Gasteiger partial charge on any atom is -0.325 e. The minimum absolute atomic E-state index is 0.0838. The van der Waals surface area contributed by atoms with Crippen LogP contribution in [0.2, 0.25) is 0 Å². The number of allylic oxidation sites excluding steroid dienone is 2. The second-order valence-electron chi connectivity index (χ2n) is 8.91. The number of amides is 1. The number of nitrogens with one attached hydrogen (secondary N) is 2. The first kappa shape index (κ1) is 20.6. The number of carbonyl (C=O) groups excluding carboxylic acids is 1. The van der Waals surface area contributed by atoms with Gasteiger partial charge >= 0.3 is 0 Å². The molecule has 0 heterocycles. The van der Waals surface area contributed by atoms with Crippen molar-refractivity contribution < 1.29 is 13.2 Å². The van der Waals surface area contributed by atoms with Crippen LogP contribution in [0.4, 0.5) is 5.69 Å². The predicted molar refractivity (Wildman–Crippen MR) is 105 cm³/mol. The molecule has 26 heavy (non-hydrogen) atoms. The lowest BCUT2D eigenvalue weighted by atomic mass is 10.1. The molecule has 2 unspecified atom stereocenters. The molecule has 1 amide bonds. The van der Waals surface area contributed by atoms with Gasteiger partial charge in [0.05, 0.1) is 11.6 Å². The quantitative estimate of drug-likeness (QED) is 0.762. The molecule has 0 aromatic heterocycles. The molecule has 2 rings (SSSR count). The second kappa shape index (κ2) is 6.82. The van der Waals surface area contributed by atoms with Crippen LogP contribution in [-0.2, 0) is 14.8 Å². The normalized spacial score (nSPS) is 21.8. The zero-order valence-corrected chi connectivity index (χ0v) is 17.5. The van der Waals surface area contributed by atoms with Gasteiger partial charge in [-0.25, -0.2) is 13.1 Å². The van der Waals surface area contributed by atoms with E-state index in [4.69, 9.17) is 0 Å². The molecule has 1 saturated carbocycles. The Labute approximate surface area is 157 Å². The van der Waals surface area contributed by atoms with Crippen LogP contribution in [0.15, 0.2) is 40.8 Å². The molecule has 0 bridgehead atoms. The highest BCUT2D eigenvalue weighted by atomic mass is 32.2. The number of sulfonamides is 1. The summed E-state index contributed by atoms with van der Waals surface area (Å²) in [5.74, 6) is -0.136. The average Bonchev–Trinajstić information content (AvgIpc) is 2.96. The highest BCUT2D eigenvalue weighted by molar-refractivity contribution is 7.89. The summed E-state index contributed by atoms with van der Waals surface area (Å²) in [6.45, 7) is 13.5. The third kappa shape index (κ3) is 4.54. The van der Waals surface area contributed by atoms with E-state index in [0.717, 1.165) is 0 Å². The van der Waals surface area contributed by atoms with E-state index in [2.05, 4.69) is 30.0 Å². The first-order chi connectivity index (χ1) is 11.8. The van der Waals surface area contributed by atoms with Crippen molar-refractivity contribution in [3.8, 4) is 0 Å². The zero-order chi connectivity index (χ0) is 19.9. The van der Waals surface area contributed by atoms with Gasteiger partial charge in [0.15, 0.2) is 0 Å². The van der Waals surface area contributed by atoms with E-state index >= 15 is 0 Å². The molecule has 5 nitrogen and oxygen atoms in total. The molecule has 1 aliphatic carbocycles. The maximum absolute atomic E-state index is 12.8. The standard InChI is InChI=1S/C20H30N2O3S/c1-13(2)12-14-17(20(14,6)7)18(23)21-15-10-8-9-11-16(15)26(24,25)22-19(3,4)5/h8-12,14,17,22H,1-7H3,(H,21,23). The molecule has 0 saturated heterocycles. The number of rotatable bonds is 5. The molecule has 1 aromatic rings. The Morgan fingerprint density at radius 1 is 1.15 bits per heavy atom. The molecule has 1 aromatic carbocycles. The van der Waals surface area contributed by atoms with Crippen molar-refractivity contribution in [2.24, 2.45) is 17.3 Å². The molecule has 144 valence electrons. The van der Waals surface area contributed by atoms with Crippen LogP contribution >= 0.6 is 0 Å². The summed E-state index contributed by atoms with van der Waals surface area (Å²) in [7, 11) is -3.74. The van der Waals surface area contributed by atoms with E-state index < -0.39 is 15.6 Å². The second-order valence-corrected chi connectivity index (χ2v) is 10.6. The number of carbonyl (C=O) groups is 1. The monoisotopic (exact) mass is 378 g/mol. The lowest BCUT2D eigenvalue weighted by Gasteiger charge is -2.21. The van der Waals surface area contributed by atoms with Gasteiger partial charge in [-0.05, 0) is 58.1 Å². The van der Waals surface area contributed by atoms with Gasteiger partial charge in [-0.3, -0.25) is 4.79 Å². The van der Waals surface area contributed by atoms with Crippen molar-refractivity contribution in [3.05, 3.63) is 35.9 Å². The van der Waals surface area contributed by atoms with E-state index in [1.54, 1.807) is 39.0 Å². The number of para-hydroxylation sites is 1. The third-order valence-electron chi connectivity index (χ3n) is 4.58. The third-order valence-corrected chi connectivity index (χ3v) is 6.40. The molecule has 0 radical (unpaired) electrons. The van der Waals surface area contributed by atoms with Gasteiger partial charge in [-0.2, -0.15) is 0 Å². The fraction of sp³-hybridized carbons (Fsp3) is 0.550. The number of anilines is 1. The molecule has 0 spiro atoms. The molecule has 1 aliphatic rings. The number of hydrogen-bond acceptors (Lipinski definition) is 3. The SMILES string of the molecule is CC(C)=CC1C(C(=O)Nc2ccccc2S(=O)(=O)NC(C)(C)C)C1(C)C. The Bertz CT molecular complexity index is 829. The Morgan fingerprint density at radius 2 is 1.73 bits per heavy atom. The summed E-state index contributed by atoms with van der Waals surface area (Å²) in [5, 5.41) is 2.84. The molecule has 2 N–H and O–H groups in total. The van der Waals surface area contributed by atoms with Crippen LogP contribution in [0, 0.1) is 17.3 Å². The molecule has 1 fully saturated rings. The van der Waals surface area contributed by atoms with Crippen molar-refractivity contribution in [3.63, 3.8) is 0 Å². The van der Waals surface area contributed by atoms with Crippen molar-refractivity contribution >= 4 is 21.6 Å². The van der Waals surface area contributed by atoms with Gasteiger partial charge in [0.2, 0.25) is 15.9 Å². The minimum atomic E-state index is -3.74. The molecular formula is C20H30N2O3S. The van der Waals surface area contributed by atoms with Crippen LogP contribution in [0.3, 0.4) is 0 Å². The zero-order valence-electron chi connectivity index (χ0n) is 16.7. The highest BCUT2D eigenvalue weighted by Crippen LogP contribution is 2.59.